The minimum absolute atomic E-state index is 0. The maximum Gasteiger partial charge on any atom is 0.227 e. The average molecular weight is 358 g/mol. The van der Waals surface area contributed by atoms with Crippen LogP contribution in [0.4, 0.5) is 5.69 Å². The summed E-state index contributed by atoms with van der Waals surface area (Å²) in [6, 6.07) is 7.52. The normalized spacial score (nSPS) is 14.0. The van der Waals surface area contributed by atoms with Crippen LogP contribution in [0.1, 0.15) is 12.0 Å². The van der Waals surface area contributed by atoms with Crippen LogP contribution < -0.4 is 10.6 Å². The number of nitrogens with zero attached hydrogens (tertiary/aromatic N) is 1. The van der Waals surface area contributed by atoms with Crippen LogP contribution in [-0.2, 0) is 16.0 Å². The zero-order valence-electron chi connectivity index (χ0n) is 13.3. The van der Waals surface area contributed by atoms with Crippen LogP contribution in [0.5, 0.6) is 0 Å². The van der Waals surface area contributed by atoms with Gasteiger partial charge < -0.3 is 15.5 Å². The summed E-state index contributed by atoms with van der Waals surface area (Å²) in [7, 11) is 1.82. The van der Waals surface area contributed by atoms with Gasteiger partial charge in [0, 0.05) is 43.2 Å². The summed E-state index contributed by atoms with van der Waals surface area (Å²) in [5.41, 5.74) is 1.75. The molecule has 0 saturated carbocycles. The molecule has 1 aromatic rings. The molecule has 0 aliphatic carbocycles. The number of amides is 2. The zero-order valence-corrected chi connectivity index (χ0v) is 15.0. The molecule has 1 fully saturated rings. The first-order chi connectivity index (χ1) is 10.7. The lowest BCUT2D eigenvalue weighted by molar-refractivity contribution is -0.130. The van der Waals surface area contributed by atoms with Crippen LogP contribution in [-0.4, -0.2) is 54.9 Å². The molecule has 1 saturated heterocycles. The van der Waals surface area contributed by atoms with E-state index in [1.807, 2.05) is 48.0 Å². The van der Waals surface area contributed by atoms with Gasteiger partial charge in [-0.2, -0.15) is 11.8 Å². The summed E-state index contributed by atoms with van der Waals surface area (Å²) in [4.78, 5) is 25.7. The third kappa shape index (κ3) is 6.81. The first-order valence-electron chi connectivity index (χ1n) is 7.58. The fourth-order valence-corrected chi connectivity index (χ4v) is 3.17. The molecule has 1 heterocycles. The topological polar surface area (TPSA) is 61.4 Å². The number of nitrogens with one attached hydrogen (secondary N) is 2. The lowest BCUT2D eigenvalue weighted by atomic mass is 10.1. The Morgan fingerprint density at radius 2 is 1.83 bits per heavy atom. The van der Waals surface area contributed by atoms with E-state index in [0.717, 1.165) is 35.8 Å². The molecule has 2 rings (SSSR count). The van der Waals surface area contributed by atoms with Gasteiger partial charge in [0.1, 0.15) is 0 Å². The van der Waals surface area contributed by atoms with E-state index in [9.17, 15) is 9.59 Å². The summed E-state index contributed by atoms with van der Waals surface area (Å²) >= 11 is 1.90. The fourth-order valence-electron chi connectivity index (χ4n) is 2.27. The van der Waals surface area contributed by atoms with Crippen molar-refractivity contribution in [3.8, 4) is 0 Å². The molecular formula is C16H24ClN3O2S. The molecule has 0 bridgehead atoms. The van der Waals surface area contributed by atoms with Gasteiger partial charge in [-0.1, -0.05) is 12.1 Å². The number of benzene rings is 1. The lowest BCUT2D eigenvalue weighted by Gasteiger charge is -2.26. The van der Waals surface area contributed by atoms with Crippen molar-refractivity contribution in [3.05, 3.63) is 29.8 Å². The van der Waals surface area contributed by atoms with Gasteiger partial charge in [0.25, 0.3) is 0 Å². The molecule has 128 valence electrons. The van der Waals surface area contributed by atoms with Gasteiger partial charge in [0.2, 0.25) is 11.8 Å². The van der Waals surface area contributed by atoms with Crippen molar-refractivity contribution in [3.63, 3.8) is 0 Å². The number of halogens is 1. The Morgan fingerprint density at radius 3 is 2.43 bits per heavy atom. The van der Waals surface area contributed by atoms with E-state index >= 15 is 0 Å². The molecule has 5 nitrogen and oxygen atoms in total. The molecule has 2 N–H and O–H groups in total. The van der Waals surface area contributed by atoms with E-state index < -0.39 is 0 Å². The van der Waals surface area contributed by atoms with Crippen LogP contribution in [0.15, 0.2) is 24.3 Å². The monoisotopic (exact) mass is 357 g/mol. The molecule has 0 spiro atoms. The van der Waals surface area contributed by atoms with E-state index in [0.29, 0.717) is 19.4 Å². The number of rotatable bonds is 6. The molecule has 0 radical (unpaired) electrons. The second kappa shape index (κ2) is 10.5. The standard InChI is InChI=1S/C16H23N3O2S.ClH/c1-17-7-6-15(20)18-14-4-2-13(3-5-14)12-16(21)19-8-10-22-11-9-19;/h2-5,17H,6-12H2,1H3,(H,18,20);1H. The molecule has 1 aromatic carbocycles. The summed E-state index contributed by atoms with van der Waals surface area (Å²) in [5.74, 6) is 2.24. The minimum atomic E-state index is -0.0102. The van der Waals surface area contributed by atoms with Gasteiger partial charge in [-0.3, -0.25) is 9.59 Å². The summed E-state index contributed by atoms with van der Waals surface area (Å²) < 4.78 is 0. The first-order valence-corrected chi connectivity index (χ1v) is 8.73. The van der Waals surface area contributed by atoms with Crippen LogP contribution in [0.3, 0.4) is 0 Å². The summed E-state index contributed by atoms with van der Waals surface area (Å²) in [6.07, 6.45) is 0.877. The molecule has 23 heavy (non-hydrogen) atoms. The number of hydrogen-bond donors (Lipinski definition) is 2. The van der Waals surface area contributed by atoms with Crippen molar-refractivity contribution >= 4 is 41.7 Å². The number of carbonyl (C=O) groups is 2. The molecule has 0 atom stereocenters. The third-order valence-electron chi connectivity index (χ3n) is 3.56. The number of anilines is 1. The largest absolute Gasteiger partial charge is 0.341 e. The molecule has 2 amide bonds. The Balaban J connectivity index is 0.00000264. The van der Waals surface area contributed by atoms with Crippen molar-refractivity contribution in [1.82, 2.24) is 10.2 Å². The summed E-state index contributed by atoms with van der Waals surface area (Å²) in [6.45, 7) is 2.36. The first kappa shape index (κ1) is 19.8. The van der Waals surface area contributed by atoms with Crippen LogP contribution in [0.2, 0.25) is 0 Å². The Kier molecular flexibility index (Phi) is 9.06. The summed E-state index contributed by atoms with van der Waals surface area (Å²) in [5, 5.41) is 5.79. The highest BCUT2D eigenvalue weighted by Gasteiger charge is 2.16. The van der Waals surface area contributed by atoms with E-state index in [4.69, 9.17) is 0 Å². The van der Waals surface area contributed by atoms with Crippen molar-refractivity contribution < 1.29 is 9.59 Å². The highest BCUT2D eigenvalue weighted by Crippen LogP contribution is 2.14. The molecular weight excluding hydrogens is 334 g/mol. The van der Waals surface area contributed by atoms with E-state index in [-0.39, 0.29) is 24.2 Å². The molecule has 1 aliphatic rings. The Morgan fingerprint density at radius 1 is 1.17 bits per heavy atom. The highest BCUT2D eigenvalue weighted by molar-refractivity contribution is 7.99. The lowest BCUT2D eigenvalue weighted by Crippen LogP contribution is -2.38. The minimum Gasteiger partial charge on any atom is -0.341 e. The van der Waals surface area contributed by atoms with Crippen LogP contribution >= 0.6 is 24.2 Å². The molecule has 0 aromatic heterocycles. The maximum absolute atomic E-state index is 12.2. The Labute approximate surface area is 148 Å². The number of hydrogen-bond acceptors (Lipinski definition) is 4. The predicted molar refractivity (Wildman–Crippen MR) is 98.5 cm³/mol. The fraction of sp³-hybridized carbons (Fsp3) is 0.500. The average Bonchev–Trinajstić information content (AvgIpc) is 2.55. The van der Waals surface area contributed by atoms with Gasteiger partial charge in [-0.15, -0.1) is 12.4 Å². The van der Waals surface area contributed by atoms with Crippen LogP contribution in [0, 0.1) is 0 Å². The van der Waals surface area contributed by atoms with Crippen molar-refractivity contribution in [2.24, 2.45) is 0 Å². The molecule has 7 heteroatoms. The number of thioether (sulfide) groups is 1. The van der Waals surface area contributed by atoms with Crippen molar-refractivity contribution in [1.29, 1.82) is 0 Å². The Hall–Kier alpha value is -1.24. The number of carbonyl (C=O) groups excluding carboxylic acids is 2. The smallest absolute Gasteiger partial charge is 0.227 e. The predicted octanol–water partition coefficient (Wildman–Crippen LogP) is 1.77. The third-order valence-corrected chi connectivity index (χ3v) is 4.50. The second-order valence-corrected chi connectivity index (χ2v) is 6.49. The van der Waals surface area contributed by atoms with Gasteiger partial charge in [0.15, 0.2) is 0 Å². The van der Waals surface area contributed by atoms with Gasteiger partial charge >= 0.3 is 0 Å². The highest BCUT2D eigenvalue weighted by atomic mass is 35.5. The van der Waals surface area contributed by atoms with Gasteiger partial charge in [0.05, 0.1) is 6.42 Å². The van der Waals surface area contributed by atoms with Crippen molar-refractivity contribution in [2.75, 3.05) is 43.5 Å². The van der Waals surface area contributed by atoms with E-state index in [1.54, 1.807) is 0 Å². The maximum atomic E-state index is 12.2. The quantitative estimate of drug-likeness (QED) is 0.814. The molecule has 0 unspecified atom stereocenters. The van der Waals surface area contributed by atoms with Crippen molar-refractivity contribution in [2.45, 2.75) is 12.8 Å². The SMILES string of the molecule is CNCCC(=O)Nc1ccc(CC(=O)N2CCSCC2)cc1.Cl. The second-order valence-electron chi connectivity index (χ2n) is 5.27. The van der Waals surface area contributed by atoms with Gasteiger partial charge in [-0.25, -0.2) is 0 Å². The van der Waals surface area contributed by atoms with Gasteiger partial charge in [-0.05, 0) is 24.7 Å². The Bertz CT molecular complexity index is 505. The zero-order chi connectivity index (χ0) is 15.8. The van der Waals surface area contributed by atoms with E-state index in [2.05, 4.69) is 10.6 Å². The molecule has 1 aliphatic heterocycles. The van der Waals surface area contributed by atoms with Crippen LogP contribution in [0.25, 0.3) is 0 Å². The van der Waals surface area contributed by atoms with E-state index in [1.165, 1.54) is 0 Å².